The van der Waals surface area contributed by atoms with E-state index in [2.05, 4.69) is 35.6 Å². The van der Waals surface area contributed by atoms with E-state index in [9.17, 15) is 0 Å². The van der Waals surface area contributed by atoms with Gasteiger partial charge in [-0.3, -0.25) is 4.90 Å². The van der Waals surface area contributed by atoms with Gasteiger partial charge >= 0.3 is 0 Å². The van der Waals surface area contributed by atoms with Crippen LogP contribution in [0.15, 0.2) is 0 Å². The van der Waals surface area contributed by atoms with Crippen molar-refractivity contribution in [2.45, 2.75) is 44.0 Å². The molecule has 21 heavy (non-hydrogen) atoms. The number of thioether (sulfide) groups is 1. The lowest BCUT2D eigenvalue weighted by Crippen LogP contribution is -2.40. The summed E-state index contributed by atoms with van der Waals surface area (Å²) in [4.78, 5) is 5.09. The molecule has 0 aromatic heterocycles. The molecule has 0 spiro atoms. The van der Waals surface area contributed by atoms with Gasteiger partial charge in [0.2, 0.25) is 0 Å². The van der Waals surface area contributed by atoms with Crippen molar-refractivity contribution in [1.82, 2.24) is 9.80 Å². The fraction of sp³-hybridized carbons (Fsp3) is 1.00. The SMILES string of the molecule is CSCN1CCC(COC2CCN(C[C@@H](C)S)CC2)CC1. The van der Waals surface area contributed by atoms with Crippen molar-refractivity contribution >= 4 is 24.4 Å². The van der Waals surface area contributed by atoms with E-state index in [1.165, 1.54) is 57.7 Å². The highest BCUT2D eigenvalue weighted by Crippen LogP contribution is 2.21. The molecule has 0 N–H and O–H groups in total. The number of hydrogen-bond acceptors (Lipinski definition) is 5. The Labute approximate surface area is 140 Å². The van der Waals surface area contributed by atoms with Gasteiger partial charge in [-0.2, -0.15) is 12.6 Å². The standard InChI is InChI=1S/C16H32N2OS2/c1-14(20)11-17-9-5-16(6-10-17)19-12-15-3-7-18(8-4-15)13-21-2/h14-16,20H,3-13H2,1-2H3/t14-/m1/s1. The highest BCUT2D eigenvalue weighted by atomic mass is 32.2. The van der Waals surface area contributed by atoms with E-state index in [1.807, 2.05) is 11.8 Å². The summed E-state index contributed by atoms with van der Waals surface area (Å²) in [6.45, 7) is 9.16. The first kappa shape index (κ1) is 17.9. The smallest absolute Gasteiger partial charge is 0.0599 e. The summed E-state index contributed by atoms with van der Waals surface area (Å²) in [5.41, 5.74) is 0. The van der Waals surface area contributed by atoms with Gasteiger partial charge in [-0.25, -0.2) is 0 Å². The van der Waals surface area contributed by atoms with E-state index in [-0.39, 0.29) is 0 Å². The first-order valence-electron chi connectivity index (χ1n) is 8.40. The number of nitrogens with zero attached hydrogens (tertiary/aromatic N) is 2. The molecular formula is C16H32N2OS2. The fourth-order valence-electron chi connectivity index (χ4n) is 3.37. The van der Waals surface area contributed by atoms with Crippen LogP contribution >= 0.6 is 24.4 Å². The van der Waals surface area contributed by atoms with Crippen LogP contribution in [0.4, 0.5) is 0 Å². The highest BCUT2D eigenvalue weighted by Gasteiger charge is 2.23. The lowest BCUT2D eigenvalue weighted by molar-refractivity contribution is -0.0180. The Bertz CT molecular complexity index is 275. The highest BCUT2D eigenvalue weighted by molar-refractivity contribution is 7.98. The molecule has 2 heterocycles. The van der Waals surface area contributed by atoms with Gasteiger partial charge in [0.1, 0.15) is 0 Å². The molecule has 0 bridgehead atoms. The summed E-state index contributed by atoms with van der Waals surface area (Å²) in [6, 6.07) is 0. The van der Waals surface area contributed by atoms with E-state index >= 15 is 0 Å². The minimum absolute atomic E-state index is 0.480. The van der Waals surface area contributed by atoms with Crippen molar-refractivity contribution in [3.63, 3.8) is 0 Å². The molecule has 2 fully saturated rings. The Morgan fingerprint density at radius 2 is 1.71 bits per heavy atom. The molecule has 2 saturated heterocycles. The van der Waals surface area contributed by atoms with Crippen molar-refractivity contribution in [2.24, 2.45) is 5.92 Å². The van der Waals surface area contributed by atoms with Gasteiger partial charge in [-0.15, -0.1) is 11.8 Å². The molecule has 2 rings (SSSR count). The van der Waals surface area contributed by atoms with Crippen LogP contribution in [-0.4, -0.2) is 72.6 Å². The van der Waals surface area contributed by atoms with Crippen LogP contribution in [0.1, 0.15) is 32.6 Å². The predicted octanol–water partition coefficient (Wildman–Crippen LogP) is 2.82. The van der Waals surface area contributed by atoms with Gasteiger partial charge in [-0.05, 0) is 50.9 Å². The molecule has 1 atom stereocenters. The second-order valence-electron chi connectivity index (χ2n) is 6.66. The lowest BCUT2D eigenvalue weighted by Gasteiger charge is -2.35. The Morgan fingerprint density at radius 3 is 2.29 bits per heavy atom. The van der Waals surface area contributed by atoms with Gasteiger partial charge in [0.05, 0.1) is 6.10 Å². The maximum absolute atomic E-state index is 6.20. The Hall–Kier alpha value is 0.580. The first-order chi connectivity index (χ1) is 10.2. The topological polar surface area (TPSA) is 15.7 Å². The fourth-order valence-corrected chi connectivity index (χ4v) is 4.22. The number of hydrogen-bond donors (Lipinski definition) is 1. The third-order valence-electron chi connectivity index (χ3n) is 4.64. The molecule has 2 aliphatic rings. The summed E-state index contributed by atoms with van der Waals surface area (Å²) in [5, 5.41) is 0.480. The van der Waals surface area contributed by atoms with Crippen LogP contribution < -0.4 is 0 Å². The summed E-state index contributed by atoms with van der Waals surface area (Å²) in [6.07, 6.45) is 7.72. The number of piperidine rings is 2. The molecule has 0 amide bonds. The molecule has 0 aromatic carbocycles. The normalized spacial score (nSPS) is 25.3. The molecule has 0 unspecified atom stereocenters. The van der Waals surface area contributed by atoms with Gasteiger partial charge in [0, 0.05) is 37.4 Å². The third kappa shape index (κ3) is 6.69. The van der Waals surface area contributed by atoms with Crippen LogP contribution in [-0.2, 0) is 4.74 Å². The number of likely N-dealkylation sites (tertiary alicyclic amines) is 2. The van der Waals surface area contributed by atoms with E-state index in [4.69, 9.17) is 4.74 Å². The van der Waals surface area contributed by atoms with E-state index in [0.29, 0.717) is 11.4 Å². The largest absolute Gasteiger partial charge is 0.378 e. The average molecular weight is 333 g/mol. The van der Waals surface area contributed by atoms with E-state index < -0.39 is 0 Å². The summed E-state index contributed by atoms with van der Waals surface area (Å²) >= 11 is 6.42. The first-order valence-corrected chi connectivity index (χ1v) is 10.3. The summed E-state index contributed by atoms with van der Waals surface area (Å²) in [7, 11) is 0. The van der Waals surface area contributed by atoms with Crippen molar-refractivity contribution in [2.75, 3.05) is 51.5 Å². The molecule has 3 nitrogen and oxygen atoms in total. The Morgan fingerprint density at radius 1 is 1.10 bits per heavy atom. The van der Waals surface area contributed by atoms with E-state index in [0.717, 1.165) is 19.1 Å². The second kappa shape index (κ2) is 9.66. The zero-order valence-electron chi connectivity index (χ0n) is 13.7. The number of ether oxygens (including phenoxy) is 1. The lowest BCUT2D eigenvalue weighted by atomic mass is 9.98. The molecule has 0 radical (unpaired) electrons. The average Bonchev–Trinajstić information content (AvgIpc) is 2.48. The minimum atomic E-state index is 0.480. The van der Waals surface area contributed by atoms with Crippen LogP contribution in [0, 0.1) is 5.92 Å². The van der Waals surface area contributed by atoms with Crippen LogP contribution in [0.25, 0.3) is 0 Å². The Kier molecular flexibility index (Phi) is 8.25. The molecule has 0 saturated carbocycles. The molecule has 0 aliphatic carbocycles. The van der Waals surface area contributed by atoms with Crippen molar-refractivity contribution in [1.29, 1.82) is 0 Å². The molecule has 2 aliphatic heterocycles. The number of thiol groups is 1. The molecular weight excluding hydrogens is 300 g/mol. The number of rotatable bonds is 7. The van der Waals surface area contributed by atoms with Crippen LogP contribution in [0.3, 0.4) is 0 Å². The molecule has 0 aromatic rings. The zero-order valence-corrected chi connectivity index (χ0v) is 15.4. The van der Waals surface area contributed by atoms with Gasteiger partial charge in [0.15, 0.2) is 0 Å². The third-order valence-corrected chi connectivity index (χ3v) is 5.43. The quantitative estimate of drug-likeness (QED) is 0.721. The zero-order chi connectivity index (χ0) is 15.1. The monoisotopic (exact) mass is 332 g/mol. The predicted molar refractivity (Wildman–Crippen MR) is 96.5 cm³/mol. The minimum Gasteiger partial charge on any atom is -0.378 e. The summed E-state index contributed by atoms with van der Waals surface area (Å²) in [5.74, 6) is 1.98. The summed E-state index contributed by atoms with van der Waals surface area (Å²) < 4.78 is 6.20. The Balaban J connectivity index is 1.56. The van der Waals surface area contributed by atoms with E-state index in [1.54, 1.807) is 0 Å². The van der Waals surface area contributed by atoms with Crippen molar-refractivity contribution in [3.05, 3.63) is 0 Å². The van der Waals surface area contributed by atoms with Crippen molar-refractivity contribution in [3.8, 4) is 0 Å². The second-order valence-corrected chi connectivity index (χ2v) is 8.38. The van der Waals surface area contributed by atoms with Crippen LogP contribution in [0.2, 0.25) is 0 Å². The maximum atomic E-state index is 6.20. The molecule has 5 heteroatoms. The molecule has 124 valence electrons. The van der Waals surface area contributed by atoms with Gasteiger partial charge < -0.3 is 9.64 Å². The van der Waals surface area contributed by atoms with Crippen LogP contribution in [0.5, 0.6) is 0 Å². The van der Waals surface area contributed by atoms with Gasteiger partial charge in [0.25, 0.3) is 0 Å². The van der Waals surface area contributed by atoms with Crippen molar-refractivity contribution < 1.29 is 4.74 Å². The van der Waals surface area contributed by atoms with Gasteiger partial charge in [-0.1, -0.05) is 6.92 Å². The maximum Gasteiger partial charge on any atom is 0.0599 e.